The maximum Gasteiger partial charge on any atom is 0.243 e. The van der Waals surface area contributed by atoms with Crippen LogP contribution in [0.4, 0.5) is 0 Å². The molecule has 0 aromatic heterocycles. The lowest BCUT2D eigenvalue weighted by Crippen LogP contribution is -2.40. The van der Waals surface area contributed by atoms with E-state index in [9.17, 15) is 4.79 Å². The molecule has 102 valence electrons. The van der Waals surface area contributed by atoms with Crippen LogP contribution in [0.1, 0.15) is 38.7 Å². The van der Waals surface area contributed by atoms with Gasteiger partial charge in [-0.05, 0) is 32.3 Å². The third-order valence-electron chi connectivity index (χ3n) is 3.30. The van der Waals surface area contributed by atoms with Crippen molar-refractivity contribution in [2.75, 3.05) is 0 Å². The zero-order chi connectivity index (χ0) is 13.9. The molecule has 0 N–H and O–H groups in total. The Hall–Kier alpha value is -1.35. The van der Waals surface area contributed by atoms with Crippen molar-refractivity contribution >= 4 is 22.7 Å². The second-order valence-electron chi connectivity index (χ2n) is 5.51. The summed E-state index contributed by atoms with van der Waals surface area (Å²) in [5, 5.41) is 6.19. The third-order valence-corrected chi connectivity index (χ3v) is 3.50. The molecule has 0 unspecified atom stereocenters. The number of rotatable bonds is 4. The smallest absolute Gasteiger partial charge is 0.243 e. The molecule has 19 heavy (non-hydrogen) atoms. The summed E-state index contributed by atoms with van der Waals surface area (Å²) in [5.74, 6) is 0.0524. The molecule has 0 saturated heterocycles. The second-order valence-corrected chi connectivity index (χ2v) is 5.95. The summed E-state index contributed by atoms with van der Waals surface area (Å²) >= 11 is 5.92. The van der Waals surface area contributed by atoms with Crippen LogP contribution in [0.2, 0.25) is 0 Å². The van der Waals surface area contributed by atoms with Gasteiger partial charge in [0, 0.05) is 12.8 Å². The van der Waals surface area contributed by atoms with Crippen LogP contribution in [0.3, 0.4) is 0 Å². The van der Waals surface area contributed by atoms with Crippen molar-refractivity contribution in [1.29, 1.82) is 0 Å². The minimum Gasteiger partial charge on any atom is -0.273 e. The number of nitrogens with zero attached hydrogens (tertiary/aromatic N) is 2. The minimum absolute atomic E-state index is 0.0524. The monoisotopic (exact) mass is 278 g/mol. The Kier molecular flexibility index (Phi) is 4.25. The number of halogens is 1. The molecule has 0 bridgehead atoms. The van der Waals surface area contributed by atoms with Crippen LogP contribution in [0, 0.1) is 0 Å². The molecule has 0 saturated carbocycles. The van der Waals surface area contributed by atoms with Crippen LogP contribution < -0.4 is 0 Å². The molecule has 0 fully saturated rings. The number of aryl methyl sites for hydroxylation is 1. The number of hydrogen-bond donors (Lipinski definition) is 0. The van der Waals surface area contributed by atoms with Gasteiger partial charge in [-0.2, -0.15) is 5.10 Å². The van der Waals surface area contributed by atoms with Gasteiger partial charge < -0.3 is 0 Å². The van der Waals surface area contributed by atoms with Crippen molar-refractivity contribution in [2.45, 2.75) is 45.1 Å². The molecule has 3 nitrogen and oxygen atoms in total. The highest BCUT2D eigenvalue weighted by Crippen LogP contribution is 2.29. The van der Waals surface area contributed by atoms with Crippen LogP contribution >= 0.6 is 11.6 Å². The molecule has 1 aliphatic rings. The van der Waals surface area contributed by atoms with Crippen molar-refractivity contribution in [2.24, 2.45) is 5.10 Å². The standard InChI is InChI=1S/C15H19ClN2O/c1-15(2)11-13(16)17-18(15)14(19)10-6-9-12-7-4-3-5-8-12/h3-5,7-8H,6,9-11H2,1-2H3. The van der Waals surface area contributed by atoms with E-state index in [4.69, 9.17) is 11.6 Å². The maximum absolute atomic E-state index is 12.2. The van der Waals surface area contributed by atoms with Gasteiger partial charge in [0.25, 0.3) is 0 Å². The first kappa shape index (κ1) is 14.1. The Bertz CT molecular complexity index is 482. The Morgan fingerprint density at radius 3 is 2.63 bits per heavy atom. The van der Waals surface area contributed by atoms with E-state index in [0.29, 0.717) is 18.0 Å². The highest BCUT2D eigenvalue weighted by atomic mass is 35.5. The van der Waals surface area contributed by atoms with Gasteiger partial charge in [0.1, 0.15) is 5.17 Å². The maximum atomic E-state index is 12.2. The summed E-state index contributed by atoms with van der Waals surface area (Å²) in [6, 6.07) is 10.2. The summed E-state index contributed by atoms with van der Waals surface area (Å²) in [6.07, 6.45) is 2.89. The van der Waals surface area contributed by atoms with Gasteiger partial charge in [0.15, 0.2) is 0 Å². The fourth-order valence-electron chi connectivity index (χ4n) is 2.30. The molecule has 1 aliphatic heterocycles. The second kappa shape index (κ2) is 5.74. The minimum atomic E-state index is -0.291. The topological polar surface area (TPSA) is 32.7 Å². The summed E-state index contributed by atoms with van der Waals surface area (Å²) in [6.45, 7) is 3.97. The average Bonchev–Trinajstić information content (AvgIpc) is 2.64. The van der Waals surface area contributed by atoms with Gasteiger partial charge in [-0.25, -0.2) is 5.01 Å². The molecule has 0 spiro atoms. The van der Waals surface area contributed by atoms with Gasteiger partial charge in [0.05, 0.1) is 5.54 Å². The van der Waals surface area contributed by atoms with Crippen molar-refractivity contribution in [3.8, 4) is 0 Å². The molecule has 2 rings (SSSR count). The van der Waals surface area contributed by atoms with E-state index < -0.39 is 0 Å². The number of carbonyl (C=O) groups is 1. The molecule has 0 aliphatic carbocycles. The van der Waals surface area contributed by atoms with Crippen molar-refractivity contribution in [1.82, 2.24) is 5.01 Å². The molecule has 0 radical (unpaired) electrons. The van der Waals surface area contributed by atoms with Crippen LogP contribution in [0.25, 0.3) is 0 Å². The zero-order valence-corrected chi connectivity index (χ0v) is 12.2. The molecule has 1 aromatic carbocycles. The largest absolute Gasteiger partial charge is 0.273 e. The van der Waals surface area contributed by atoms with Gasteiger partial charge in [-0.15, -0.1) is 0 Å². The molecular formula is C15H19ClN2O. The first-order valence-electron chi connectivity index (χ1n) is 6.59. The van der Waals surface area contributed by atoms with E-state index in [2.05, 4.69) is 17.2 Å². The van der Waals surface area contributed by atoms with Gasteiger partial charge >= 0.3 is 0 Å². The number of hydrogen-bond acceptors (Lipinski definition) is 2. The van der Waals surface area contributed by atoms with E-state index in [0.717, 1.165) is 12.8 Å². The van der Waals surface area contributed by atoms with Crippen molar-refractivity contribution < 1.29 is 4.79 Å². The van der Waals surface area contributed by atoms with Gasteiger partial charge in [-0.1, -0.05) is 41.9 Å². The zero-order valence-electron chi connectivity index (χ0n) is 11.4. The Morgan fingerprint density at radius 2 is 2.05 bits per heavy atom. The van der Waals surface area contributed by atoms with Crippen LogP contribution in [0.15, 0.2) is 35.4 Å². The average molecular weight is 279 g/mol. The Balaban J connectivity index is 1.85. The Morgan fingerprint density at radius 1 is 1.37 bits per heavy atom. The lowest BCUT2D eigenvalue weighted by atomic mass is 10.0. The summed E-state index contributed by atoms with van der Waals surface area (Å²) < 4.78 is 0. The van der Waals surface area contributed by atoms with Crippen molar-refractivity contribution in [3.63, 3.8) is 0 Å². The predicted octanol–water partition coefficient (Wildman–Crippen LogP) is 3.57. The van der Waals surface area contributed by atoms with Crippen molar-refractivity contribution in [3.05, 3.63) is 35.9 Å². The molecular weight excluding hydrogens is 260 g/mol. The quantitative estimate of drug-likeness (QED) is 0.829. The first-order valence-corrected chi connectivity index (χ1v) is 6.97. The van der Waals surface area contributed by atoms with Crippen LogP contribution in [0.5, 0.6) is 0 Å². The molecule has 1 heterocycles. The number of benzene rings is 1. The third kappa shape index (κ3) is 3.57. The fourth-order valence-corrected chi connectivity index (χ4v) is 2.70. The van der Waals surface area contributed by atoms with Gasteiger partial charge in [0.2, 0.25) is 5.91 Å². The normalized spacial score (nSPS) is 17.4. The van der Waals surface area contributed by atoms with E-state index in [1.54, 1.807) is 5.01 Å². The summed E-state index contributed by atoms with van der Waals surface area (Å²) in [7, 11) is 0. The highest BCUT2D eigenvalue weighted by molar-refractivity contribution is 6.65. The molecule has 4 heteroatoms. The van der Waals surface area contributed by atoms with Crippen LogP contribution in [-0.4, -0.2) is 21.6 Å². The summed E-state index contributed by atoms with van der Waals surface area (Å²) in [5.41, 5.74) is 0.971. The van der Waals surface area contributed by atoms with Crippen LogP contribution in [-0.2, 0) is 11.2 Å². The highest BCUT2D eigenvalue weighted by Gasteiger charge is 2.37. The Labute approximate surface area is 119 Å². The van der Waals surface area contributed by atoms with E-state index in [1.807, 2.05) is 32.0 Å². The molecule has 0 atom stereocenters. The predicted molar refractivity (Wildman–Crippen MR) is 78.2 cm³/mol. The fraction of sp³-hybridized carbons (Fsp3) is 0.467. The molecule has 1 aromatic rings. The van der Waals surface area contributed by atoms with E-state index in [-0.39, 0.29) is 11.4 Å². The number of carbonyl (C=O) groups excluding carboxylic acids is 1. The SMILES string of the molecule is CC1(C)CC(Cl)=NN1C(=O)CCCc1ccccc1. The lowest BCUT2D eigenvalue weighted by molar-refractivity contribution is -0.135. The summed E-state index contributed by atoms with van der Waals surface area (Å²) in [4.78, 5) is 12.2. The first-order chi connectivity index (χ1) is 8.99. The van der Waals surface area contributed by atoms with E-state index in [1.165, 1.54) is 5.56 Å². The van der Waals surface area contributed by atoms with E-state index >= 15 is 0 Å². The number of amides is 1. The number of hydrazone groups is 1. The lowest BCUT2D eigenvalue weighted by Gasteiger charge is -2.28. The van der Waals surface area contributed by atoms with Gasteiger partial charge in [-0.3, -0.25) is 4.79 Å². The molecule has 1 amide bonds.